The number of carbonyl (C=O) groups is 2. The number of amides is 3. The Kier molecular flexibility index (Phi) is 7.09. The Balaban J connectivity index is 1.60. The lowest BCUT2D eigenvalue weighted by atomic mass is 9.79. The second-order valence-corrected chi connectivity index (χ2v) is 8.42. The third-order valence-electron chi connectivity index (χ3n) is 5.67. The zero-order chi connectivity index (χ0) is 19.1. The van der Waals surface area contributed by atoms with Gasteiger partial charge in [-0.1, -0.05) is 25.3 Å². The number of ether oxygens (including phenoxy) is 1. The van der Waals surface area contributed by atoms with Crippen LogP contribution in [0.4, 0.5) is 4.79 Å². The van der Waals surface area contributed by atoms with Crippen LogP contribution in [0.2, 0.25) is 0 Å². The first-order chi connectivity index (χ1) is 13.1. The Labute approximate surface area is 164 Å². The predicted octanol–water partition coefficient (Wildman–Crippen LogP) is 2.00. The van der Waals surface area contributed by atoms with Gasteiger partial charge in [0.15, 0.2) is 0 Å². The number of urea groups is 1. The Morgan fingerprint density at radius 2 is 2.00 bits per heavy atom. The average Bonchev–Trinajstić information content (AvgIpc) is 3.22. The molecule has 1 aromatic rings. The third-order valence-corrected chi connectivity index (χ3v) is 6.66. The van der Waals surface area contributed by atoms with Gasteiger partial charge < -0.3 is 21.1 Å². The third kappa shape index (κ3) is 5.43. The molecule has 1 saturated heterocycles. The van der Waals surface area contributed by atoms with Gasteiger partial charge in [-0.25, -0.2) is 4.79 Å². The molecule has 4 N–H and O–H groups in total. The summed E-state index contributed by atoms with van der Waals surface area (Å²) in [6, 6.07) is 2.82. The van der Waals surface area contributed by atoms with E-state index in [2.05, 4.69) is 15.5 Å². The summed E-state index contributed by atoms with van der Waals surface area (Å²) in [6.07, 6.45) is 6.09. The van der Waals surface area contributed by atoms with Gasteiger partial charge in [0, 0.05) is 30.1 Å². The minimum atomic E-state index is -0.613. The maximum absolute atomic E-state index is 12.7. The van der Waals surface area contributed by atoms with Crippen molar-refractivity contribution in [3.8, 4) is 0 Å². The van der Waals surface area contributed by atoms with Crippen LogP contribution in [-0.4, -0.2) is 55.2 Å². The summed E-state index contributed by atoms with van der Waals surface area (Å²) in [7, 11) is 0. The highest BCUT2D eigenvalue weighted by Crippen LogP contribution is 2.34. The fourth-order valence-corrected chi connectivity index (χ4v) is 5.04. The van der Waals surface area contributed by atoms with Gasteiger partial charge in [-0.15, -0.1) is 11.3 Å². The monoisotopic (exact) mass is 394 g/mol. The van der Waals surface area contributed by atoms with Crippen LogP contribution in [0, 0.1) is 0 Å². The summed E-state index contributed by atoms with van der Waals surface area (Å²) >= 11 is 1.51. The van der Waals surface area contributed by atoms with E-state index in [1.54, 1.807) is 0 Å². The molecule has 3 amide bonds. The van der Waals surface area contributed by atoms with Crippen LogP contribution in [-0.2, 0) is 9.53 Å². The first-order valence-electron chi connectivity index (χ1n) is 9.78. The van der Waals surface area contributed by atoms with Crippen LogP contribution < -0.4 is 16.4 Å². The van der Waals surface area contributed by atoms with Gasteiger partial charge in [-0.3, -0.25) is 9.69 Å². The minimum absolute atomic E-state index is 0.0350. The van der Waals surface area contributed by atoms with E-state index >= 15 is 0 Å². The number of primary amides is 1. The molecule has 1 aromatic heterocycles. The molecule has 1 unspecified atom stereocenters. The molecule has 1 atom stereocenters. The molecular formula is C19H30N4O3S. The molecule has 0 bridgehead atoms. The summed E-state index contributed by atoms with van der Waals surface area (Å²) in [5.74, 6) is -0.0552. The highest BCUT2D eigenvalue weighted by atomic mass is 32.1. The zero-order valence-corrected chi connectivity index (χ0v) is 16.6. The second kappa shape index (κ2) is 9.52. The van der Waals surface area contributed by atoms with Crippen LogP contribution in [0.15, 0.2) is 17.5 Å². The van der Waals surface area contributed by atoms with Gasteiger partial charge in [0.1, 0.15) is 0 Å². The van der Waals surface area contributed by atoms with E-state index in [1.165, 1.54) is 30.6 Å². The molecule has 2 fully saturated rings. The van der Waals surface area contributed by atoms with Gasteiger partial charge in [0.05, 0.1) is 25.7 Å². The number of rotatable bonds is 7. The number of hydrogen-bond donors (Lipinski definition) is 3. The molecule has 7 nitrogen and oxygen atoms in total. The number of hydrogen-bond acceptors (Lipinski definition) is 5. The largest absolute Gasteiger partial charge is 0.379 e. The lowest BCUT2D eigenvalue weighted by Gasteiger charge is -2.48. The molecule has 3 rings (SSSR count). The number of morpholine rings is 1. The molecule has 27 heavy (non-hydrogen) atoms. The number of nitrogens with two attached hydrogens (primary N) is 1. The van der Waals surface area contributed by atoms with E-state index in [4.69, 9.17) is 10.5 Å². The molecule has 2 aliphatic rings. The maximum atomic E-state index is 12.7. The van der Waals surface area contributed by atoms with Crippen molar-refractivity contribution in [1.82, 2.24) is 15.5 Å². The van der Waals surface area contributed by atoms with Gasteiger partial charge in [-0.2, -0.15) is 0 Å². The minimum Gasteiger partial charge on any atom is -0.379 e. The van der Waals surface area contributed by atoms with Crippen molar-refractivity contribution in [2.45, 2.75) is 50.1 Å². The van der Waals surface area contributed by atoms with Gasteiger partial charge in [-0.05, 0) is 24.3 Å². The van der Waals surface area contributed by atoms with Crippen LogP contribution in [0.1, 0.15) is 49.4 Å². The molecule has 1 saturated carbocycles. The van der Waals surface area contributed by atoms with Crippen molar-refractivity contribution in [2.75, 3.05) is 32.8 Å². The molecule has 0 radical (unpaired) electrons. The van der Waals surface area contributed by atoms with Crippen molar-refractivity contribution in [2.24, 2.45) is 5.73 Å². The summed E-state index contributed by atoms with van der Waals surface area (Å²) < 4.78 is 5.51. The molecule has 2 heterocycles. The van der Waals surface area contributed by atoms with E-state index in [0.29, 0.717) is 6.54 Å². The first kappa shape index (κ1) is 20.1. The van der Waals surface area contributed by atoms with Crippen LogP contribution >= 0.6 is 11.3 Å². The van der Waals surface area contributed by atoms with Crippen molar-refractivity contribution >= 4 is 23.3 Å². The van der Waals surface area contributed by atoms with Gasteiger partial charge >= 0.3 is 6.03 Å². The van der Waals surface area contributed by atoms with E-state index in [9.17, 15) is 9.59 Å². The fourth-order valence-electron chi connectivity index (χ4n) is 4.26. The van der Waals surface area contributed by atoms with E-state index in [-0.39, 0.29) is 23.9 Å². The molecule has 0 aromatic carbocycles. The quantitative estimate of drug-likeness (QED) is 0.659. The normalized spacial score (nSPS) is 21.3. The molecule has 150 valence electrons. The molecule has 1 aliphatic heterocycles. The smallest absolute Gasteiger partial charge is 0.312 e. The Bertz CT molecular complexity index is 610. The molecule has 0 spiro atoms. The van der Waals surface area contributed by atoms with Crippen molar-refractivity contribution < 1.29 is 14.3 Å². The summed E-state index contributed by atoms with van der Waals surface area (Å²) in [5.41, 5.74) is 5.32. The van der Waals surface area contributed by atoms with E-state index < -0.39 is 6.03 Å². The van der Waals surface area contributed by atoms with Crippen molar-refractivity contribution in [1.29, 1.82) is 0 Å². The number of carbonyl (C=O) groups excluding carboxylic acids is 2. The topological polar surface area (TPSA) is 96.7 Å². The van der Waals surface area contributed by atoms with Crippen molar-refractivity contribution in [3.05, 3.63) is 22.4 Å². The predicted molar refractivity (Wildman–Crippen MR) is 106 cm³/mol. The van der Waals surface area contributed by atoms with Crippen LogP contribution in [0.5, 0.6) is 0 Å². The summed E-state index contributed by atoms with van der Waals surface area (Å²) in [6.45, 7) is 4.03. The second-order valence-electron chi connectivity index (χ2n) is 7.44. The van der Waals surface area contributed by atoms with E-state index in [0.717, 1.165) is 44.0 Å². The van der Waals surface area contributed by atoms with Gasteiger partial charge in [0.2, 0.25) is 5.91 Å². The Morgan fingerprint density at radius 1 is 1.26 bits per heavy atom. The summed E-state index contributed by atoms with van der Waals surface area (Å²) in [4.78, 5) is 27.4. The molecule has 8 heteroatoms. The van der Waals surface area contributed by atoms with E-state index in [1.807, 2.05) is 17.5 Å². The highest BCUT2D eigenvalue weighted by molar-refractivity contribution is 7.10. The van der Waals surface area contributed by atoms with Crippen LogP contribution in [0.3, 0.4) is 0 Å². The lowest BCUT2D eigenvalue weighted by molar-refractivity contribution is -0.122. The fraction of sp³-hybridized carbons (Fsp3) is 0.684. The van der Waals surface area contributed by atoms with Crippen molar-refractivity contribution in [3.63, 3.8) is 0 Å². The van der Waals surface area contributed by atoms with Crippen LogP contribution in [0.25, 0.3) is 0 Å². The van der Waals surface area contributed by atoms with Gasteiger partial charge in [0.25, 0.3) is 0 Å². The highest BCUT2D eigenvalue weighted by Gasteiger charge is 2.38. The molecule has 1 aliphatic carbocycles. The number of nitrogens with one attached hydrogen (secondary N) is 2. The Hall–Kier alpha value is -1.64. The first-order valence-corrected chi connectivity index (χ1v) is 10.7. The average molecular weight is 395 g/mol. The zero-order valence-electron chi connectivity index (χ0n) is 15.7. The standard InChI is InChI=1S/C19H30N4O3S/c20-18(25)22-15(16-5-4-12-27-16)13-17(24)21-14-19(6-2-1-3-7-19)23-8-10-26-11-9-23/h4-5,12,15H,1-3,6-11,13-14H2,(H,21,24)(H3,20,22,25). The maximum Gasteiger partial charge on any atom is 0.312 e. The number of thiophene rings is 1. The Morgan fingerprint density at radius 3 is 2.63 bits per heavy atom. The summed E-state index contributed by atoms with van der Waals surface area (Å²) in [5, 5.41) is 7.76. The number of nitrogens with zero attached hydrogens (tertiary/aromatic N) is 1. The SMILES string of the molecule is NC(=O)NC(CC(=O)NCC1(N2CCOCC2)CCCCC1)c1cccs1. The lowest BCUT2D eigenvalue weighted by Crippen LogP contribution is -2.59. The molecular weight excluding hydrogens is 364 g/mol.